The van der Waals surface area contributed by atoms with Crippen LogP contribution in [0.5, 0.6) is 0 Å². The van der Waals surface area contributed by atoms with E-state index in [0.29, 0.717) is 11.3 Å². The Morgan fingerprint density at radius 2 is 1.93 bits per heavy atom. The quantitative estimate of drug-likeness (QED) is 0.657. The number of carbonyl (C=O) groups is 1. The minimum atomic E-state index is -3.90. The van der Waals surface area contributed by atoms with Gasteiger partial charge in [-0.25, -0.2) is 18.2 Å². The maximum atomic E-state index is 12.7. The molecule has 0 spiro atoms. The Morgan fingerprint density at radius 1 is 1.18 bits per heavy atom. The van der Waals surface area contributed by atoms with E-state index < -0.39 is 16.0 Å². The fraction of sp³-hybridized carbons (Fsp3) is 0.263. The first-order chi connectivity index (χ1) is 13.3. The van der Waals surface area contributed by atoms with Crippen molar-refractivity contribution in [3.63, 3.8) is 0 Å². The van der Waals surface area contributed by atoms with E-state index in [4.69, 9.17) is 0 Å². The zero-order chi connectivity index (χ0) is 19.9. The third kappa shape index (κ3) is 3.55. The van der Waals surface area contributed by atoms with E-state index in [-0.39, 0.29) is 10.5 Å². The minimum Gasteiger partial charge on any atom is -0.478 e. The van der Waals surface area contributed by atoms with Gasteiger partial charge in [-0.1, -0.05) is 17.4 Å². The number of aromatic nitrogens is 1. The maximum absolute atomic E-state index is 12.7. The van der Waals surface area contributed by atoms with Gasteiger partial charge in [-0.05, 0) is 55.7 Å². The molecule has 2 N–H and O–H groups in total. The average molecular weight is 418 g/mol. The number of thiazole rings is 1. The van der Waals surface area contributed by atoms with E-state index in [0.717, 1.165) is 41.3 Å². The number of sulfonamides is 1. The first-order valence-electron chi connectivity index (χ1n) is 8.86. The van der Waals surface area contributed by atoms with Crippen LogP contribution in [-0.4, -0.2) is 37.6 Å². The molecule has 0 radical (unpaired) electrons. The number of carboxylic acids is 1. The van der Waals surface area contributed by atoms with Crippen molar-refractivity contribution in [2.45, 2.75) is 24.7 Å². The van der Waals surface area contributed by atoms with Gasteiger partial charge in [0.15, 0.2) is 5.13 Å². The molecule has 1 saturated heterocycles. The monoisotopic (exact) mass is 417 g/mol. The van der Waals surface area contributed by atoms with Crippen molar-refractivity contribution in [1.82, 2.24) is 4.98 Å². The molecular formula is C19H19N3O4S2. The molecule has 0 unspecified atom stereocenters. The molecule has 1 fully saturated rings. The highest BCUT2D eigenvalue weighted by Crippen LogP contribution is 2.33. The Hall–Kier alpha value is -2.65. The number of aryl methyl sites for hydroxylation is 1. The molecule has 28 heavy (non-hydrogen) atoms. The van der Waals surface area contributed by atoms with Crippen LogP contribution in [0.2, 0.25) is 0 Å². The van der Waals surface area contributed by atoms with E-state index in [1.165, 1.54) is 18.2 Å². The summed E-state index contributed by atoms with van der Waals surface area (Å²) in [4.78, 5) is 18.1. The zero-order valence-corrected chi connectivity index (χ0v) is 16.8. The molecule has 2 aromatic carbocycles. The van der Waals surface area contributed by atoms with E-state index >= 15 is 0 Å². The number of rotatable bonds is 5. The molecule has 9 heteroatoms. The first kappa shape index (κ1) is 18.7. The summed E-state index contributed by atoms with van der Waals surface area (Å²) in [6, 6.07) is 9.29. The van der Waals surface area contributed by atoms with Crippen LogP contribution < -0.4 is 9.62 Å². The molecule has 0 saturated carbocycles. The fourth-order valence-electron chi connectivity index (χ4n) is 3.23. The number of carboxylic acid groups (broad SMARTS) is 1. The molecule has 3 aromatic rings. The number of hydrogen-bond donors (Lipinski definition) is 2. The number of anilines is 2. The summed E-state index contributed by atoms with van der Waals surface area (Å²) in [6.07, 6.45) is 2.33. The molecule has 0 atom stereocenters. The standard InChI is InChI=1S/C19H19N3O4S2/c1-12-4-6-14(11-15(12)18(23)24)28(25,26)21-13-5-7-16-17(10-13)27-19(20-16)22-8-2-3-9-22/h4-7,10-11,21H,2-3,8-9H2,1H3,(H,23,24). The Morgan fingerprint density at radius 3 is 2.64 bits per heavy atom. The molecule has 1 aromatic heterocycles. The highest BCUT2D eigenvalue weighted by molar-refractivity contribution is 7.92. The lowest BCUT2D eigenvalue weighted by Crippen LogP contribution is -2.16. The van der Waals surface area contributed by atoms with Crippen LogP contribution in [0.4, 0.5) is 10.8 Å². The average Bonchev–Trinajstić information content (AvgIpc) is 3.30. The zero-order valence-electron chi connectivity index (χ0n) is 15.2. The van der Waals surface area contributed by atoms with Crippen LogP contribution in [0, 0.1) is 6.92 Å². The van der Waals surface area contributed by atoms with Crippen molar-refractivity contribution in [3.05, 3.63) is 47.5 Å². The van der Waals surface area contributed by atoms with Crippen LogP contribution in [-0.2, 0) is 10.0 Å². The second-order valence-corrected chi connectivity index (χ2v) is 9.45. The Labute approximate surface area is 166 Å². The molecule has 0 amide bonds. The summed E-state index contributed by atoms with van der Waals surface area (Å²) < 4.78 is 28.9. The SMILES string of the molecule is Cc1ccc(S(=O)(=O)Nc2ccc3nc(N4CCCC4)sc3c2)cc1C(=O)O. The molecule has 7 nitrogen and oxygen atoms in total. The van der Waals surface area contributed by atoms with Gasteiger partial charge in [-0.15, -0.1) is 0 Å². The third-order valence-electron chi connectivity index (χ3n) is 4.76. The van der Waals surface area contributed by atoms with E-state index in [1.807, 2.05) is 0 Å². The first-order valence-corrected chi connectivity index (χ1v) is 11.2. The predicted octanol–water partition coefficient (Wildman–Crippen LogP) is 3.70. The highest BCUT2D eigenvalue weighted by Gasteiger charge is 2.19. The predicted molar refractivity (Wildman–Crippen MR) is 110 cm³/mol. The van der Waals surface area contributed by atoms with Crippen molar-refractivity contribution in [2.24, 2.45) is 0 Å². The van der Waals surface area contributed by atoms with Crippen LogP contribution >= 0.6 is 11.3 Å². The second kappa shape index (κ2) is 7.06. The third-order valence-corrected chi connectivity index (χ3v) is 7.21. The fourth-order valence-corrected chi connectivity index (χ4v) is 5.36. The molecule has 1 aliphatic rings. The van der Waals surface area contributed by atoms with Crippen LogP contribution in [0.25, 0.3) is 10.2 Å². The highest BCUT2D eigenvalue weighted by atomic mass is 32.2. The van der Waals surface area contributed by atoms with Crippen molar-refractivity contribution in [3.8, 4) is 0 Å². The molecule has 1 aliphatic heterocycles. The summed E-state index contributed by atoms with van der Waals surface area (Å²) in [5.41, 5.74) is 1.72. The largest absolute Gasteiger partial charge is 0.478 e. The number of aromatic carboxylic acids is 1. The molecular weight excluding hydrogens is 398 g/mol. The van der Waals surface area contributed by atoms with Gasteiger partial charge in [0.05, 0.1) is 26.4 Å². The van der Waals surface area contributed by atoms with Gasteiger partial charge in [0.25, 0.3) is 10.0 Å². The van der Waals surface area contributed by atoms with Gasteiger partial charge in [0.1, 0.15) is 0 Å². The second-order valence-electron chi connectivity index (χ2n) is 6.76. The Kier molecular flexibility index (Phi) is 4.72. The van der Waals surface area contributed by atoms with Crippen molar-refractivity contribution in [1.29, 1.82) is 0 Å². The van der Waals surface area contributed by atoms with Crippen molar-refractivity contribution >= 4 is 48.4 Å². The molecule has 0 bridgehead atoms. The van der Waals surface area contributed by atoms with E-state index in [9.17, 15) is 18.3 Å². The van der Waals surface area contributed by atoms with Crippen LogP contribution in [0.1, 0.15) is 28.8 Å². The lowest BCUT2D eigenvalue weighted by Gasteiger charge is -2.11. The molecule has 4 rings (SSSR count). The lowest BCUT2D eigenvalue weighted by atomic mass is 10.1. The normalized spacial score (nSPS) is 14.5. The summed E-state index contributed by atoms with van der Waals surface area (Å²) in [5, 5.41) is 10.2. The van der Waals surface area contributed by atoms with Gasteiger partial charge < -0.3 is 10.0 Å². The minimum absolute atomic E-state index is 0.0314. The van der Waals surface area contributed by atoms with Gasteiger partial charge in [-0.2, -0.15) is 0 Å². The Balaban J connectivity index is 1.63. The Bertz CT molecular complexity index is 1170. The number of fused-ring (bicyclic) bond motifs is 1. The van der Waals surface area contributed by atoms with Gasteiger partial charge in [-0.3, -0.25) is 4.72 Å². The molecule has 0 aliphatic carbocycles. The number of benzene rings is 2. The maximum Gasteiger partial charge on any atom is 0.335 e. The van der Waals surface area contributed by atoms with Crippen molar-refractivity contribution < 1.29 is 18.3 Å². The summed E-state index contributed by atoms with van der Waals surface area (Å²) in [7, 11) is -3.90. The topological polar surface area (TPSA) is 99.6 Å². The lowest BCUT2D eigenvalue weighted by molar-refractivity contribution is 0.0696. The molecule has 146 valence electrons. The van der Waals surface area contributed by atoms with E-state index in [1.54, 1.807) is 36.5 Å². The van der Waals surface area contributed by atoms with Crippen molar-refractivity contribution in [2.75, 3.05) is 22.7 Å². The number of hydrogen-bond acceptors (Lipinski definition) is 6. The number of nitrogens with one attached hydrogen (secondary N) is 1. The van der Waals surface area contributed by atoms with Crippen LogP contribution in [0.15, 0.2) is 41.3 Å². The van der Waals surface area contributed by atoms with Gasteiger partial charge in [0.2, 0.25) is 0 Å². The summed E-state index contributed by atoms with van der Waals surface area (Å²) in [5.74, 6) is -1.16. The van der Waals surface area contributed by atoms with Gasteiger partial charge >= 0.3 is 5.97 Å². The van der Waals surface area contributed by atoms with E-state index in [2.05, 4.69) is 14.6 Å². The molecule has 2 heterocycles. The summed E-state index contributed by atoms with van der Waals surface area (Å²) in [6.45, 7) is 3.63. The van der Waals surface area contributed by atoms with Gasteiger partial charge in [0, 0.05) is 13.1 Å². The smallest absolute Gasteiger partial charge is 0.335 e. The number of nitrogens with zero attached hydrogens (tertiary/aromatic N) is 2. The summed E-state index contributed by atoms with van der Waals surface area (Å²) >= 11 is 1.54. The van der Waals surface area contributed by atoms with Crippen LogP contribution in [0.3, 0.4) is 0 Å².